The van der Waals surface area contributed by atoms with Crippen molar-refractivity contribution in [3.05, 3.63) is 106 Å². The number of aromatic nitrogens is 1. The van der Waals surface area contributed by atoms with Crippen LogP contribution in [-0.4, -0.2) is 13.6 Å². The van der Waals surface area contributed by atoms with Crippen LogP contribution in [0.2, 0.25) is 0 Å². The molecule has 2 heterocycles. The fourth-order valence-electron chi connectivity index (χ4n) is 3.74. The van der Waals surface area contributed by atoms with E-state index in [4.69, 9.17) is 14.7 Å². The van der Waals surface area contributed by atoms with E-state index < -0.39 is 10.0 Å². The van der Waals surface area contributed by atoms with Gasteiger partial charge in [-0.15, -0.1) is 0 Å². The molecule has 0 fully saturated rings. The first kappa shape index (κ1) is 22.4. The van der Waals surface area contributed by atoms with Crippen molar-refractivity contribution < 1.29 is 17.4 Å². The highest BCUT2D eigenvalue weighted by molar-refractivity contribution is 7.92. The summed E-state index contributed by atoms with van der Waals surface area (Å²) in [6, 6.07) is 23.2. The number of sulfonamides is 1. The lowest BCUT2D eigenvalue weighted by Crippen LogP contribution is -2.31. The van der Waals surface area contributed by atoms with E-state index in [9.17, 15) is 13.2 Å². The molecule has 3 aromatic carbocycles. The average Bonchev–Trinajstić information content (AvgIpc) is 3.29. The van der Waals surface area contributed by atoms with Crippen LogP contribution >= 0.6 is 0 Å². The molecule has 0 aliphatic carbocycles. The van der Waals surface area contributed by atoms with Gasteiger partial charge in [0.15, 0.2) is 11.2 Å². The molecular weight excluding hydrogens is 466 g/mol. The Morgan fingerprint density at radius 1 is 0.943 bits per heavy atom. The van der Waals surface area contributed by atoms with Gasteiger partial charge in [-0.1, -0.05) is 41.6 Å². The summed E-state index contributed by atoms with van der Waals surface area (Å²) < 4.78 is 39.3. The first-order valence-electron chi connectivity index (χ1n) is 10.7. The fourth-order valence-corrected chi connectivity index (χ4v) is 5.13. The van der Waals surface area contributed by atoms with E-state index >= 15 is 0 Å². The number of hydrogen-bond acceptors (Lipinski definition) is 7. The zero-order valence-corrected chi connectivity index (χ0v) is 19.5. The van der Waals surface area contributed by atoms with E-state index in [1.165, 1.54) is 36.4 Å². The smallest absolute Gasteiger partial charge is 0.265 e. The van der Waals surface area contributed by atoms with E-state index in [2.05, 4.69) is 5.16 Å². The van der Waals surface area contributed by atoms with Crippen LogP contribution in [0, 0.1) is 6.92 Å². The molecule has 2 N–H and O–H groups in total. The molecule has 8 nitrogen and oxygen atoms in total. The number of nitrogens with two attached hydrogens (primary N) is 1. The third-order valence-electron chi connectivity index (χ3n) is 5.52. The molecule has 5 aromatic rings. The lowest BCUT2D eigenvalue weighted by atomic mass is 10.1. The number of rotatable bonds is 6. The Morgan fingerprint density at radius 2 is 1.69 bits per heavy atom. The lowest BCUT2D eigenvalue weighted by molar-refractivity contribution is 0.398. The molecule has 0 amide bonds. The monoisotopic (exact) mass is 487 g/mol. The van der Waals surface area contributed by atoms with Gasteiger partial charge in [0.05, 0.1) is 16.8 Å². The number of aryl methyl sites for hydroxylation is 1. The van der Waals surface area contributed by atoms with E-state index in [0.717, 1.165) is 9.87 Å². The standard InChI is InChI=1S/C26H21N3O5S/c1-17-13-26(28-34-17)29(35(31,32)21-10-8-20(27)9-11-21)16-18-7-12-24-22(14-18)23(30)15-25(33-24)19-5-3-2-4-6-19/h2-15H,16,27H2,1H3. The Morgan fingerprint density at radius 3 is 2.37 bits per heavy atom. The molecule has 0 aliphatic heterocycles. The SMILES string of the molecule is Cc1cc(N(Cc2ccc3oc(-c4ccccc4)cc(=O)c3c2)S(=O)(=O)c2ccc(N)cc2)no1. The Kier molecular flexibility index (Phi) is 5.62. The van der Waals surface area contributed by atoms with Crippen molar-refractivity contribution in [2.75, 3.05) is 10.0 Å². The van der Waals surface area contributed by atoms with Gasteiger partial charge in [0.2, 0.25) is 0 Å². The highest BCUT2D eigenvalue weighted by atomic mass is 32.2. The third-order valence-corrected chi connectivity index (χ3v) is 7.28. The maximum Gasteiger partial charge on any atom is 0.265 e. The molecule has 176 valence electrons. The highest BCUT2D eigenvalue weighted by Crippen LogP contribution is 2.28. The molecule has 0 aliphatic rings. The second kappa shape index (κ2) is 8.77. The predicted octanol–water partition coefficient (Wildman–Crippen LogP) is 4.73. The van der Waals surface area contributed by atoms with Gasteiger partial charge in [0.1, 0.15) is 17.1 Å². The quantitative estimate of drug-likeness (QED) is 0.344. The number of hydrogen-bond donors (Lipinski definition) is 1. The van der Waals surface area contributed by atoms with Crippen LogP contribution in [0.15, 0.2) is 104 Å². The largest absolute Gasteiger partial charge is 0.456 e. The molecule has 5 rings (SSSR count). The number of nitrogens with zero attached hydrogens (tertiary/aromatic N) is 2. The Hall–Kier alpha value is -4.37. The van der Waals surface area contributed by atoms with Crippen molar-refractivity contribution in [1.29, 1.82) is 0 Å². The second-order valence-corrected chi connectivity index (χ2v) is 9.91. The Labute approximate surface area is 201 Å². The van der Waals surface area contributed by atoms with Gasteiger partial charge in [0, 0.05) is 23.4 Å². The summed E-state index contributed by atoms with van der Waals surface area (Å²) in [5.41, 5.74) is 7.73. The van der Waals surface area contributed by atoms with Crippen LogP contribution in [0.5, 0.6) is 0 Å². The fraction of sp³-hybridized carbons (Fsp3) is 0.0769. The van der Waals surface area contributed by atoms with Crippen molar-refractivity contribution in [1.82, 2.24) is 5.16 Å². The van der Waals surface area contributed by atoms with E-state index in [1.54, 1.807) is 25.1 Å². The van der Waals surface area contributed by atoms with Crippen LogP contribution in [0.25, 0.3) is 22.3 Å². The number of nitrogen functional groups attached to an aromatic ring is 1. The molecule has 2 aromatic heterocycles. The van der Waals surface area contributed by atoms with Crippen LogP contribution in [0.4, 0.5) is 11.5 Å². The predicted molar refractivity (Wildman–Crippen MR) is 133 cm³/mol. The summed E-state index contributed by atoms with van der Waals surface area (Å²) in [6.07, 6.45) is 0. The molecule has 0 bridgehead atoms. The summed E-state index contributed by atoms with van der Waals surface area (Å²) in [6.45, 7) is 1.60. The van der Waals surface area contributed by atoms with Crippen LogP contribution in [-0.2, 0) is 16.6 Å². The van der Waals surface area contributed by atoms with Crippen molar-refractivity contribution in [2.24, 2.45) is 0 Å². The second-order valence-electron chi connectivity index (χ2n) is 8.05. The molecular formula is C26H21N3O5S. The first-order valence-corrected chi connectivity index (χ1v) is 12.2. The maximum atomic E-state index is 13.5. The number of benzene rings is 3. The van der Waals surface area contributed by atoms with Gasteiger partial charge in [-0.05, 0) is 48.9 Å². The first-order chi connectivity index (χ1) is 16.8. The van der Waals surface area contributed by atoms with E-state index in [0.29, 0.717) is 33.7 Å². The summed E-state index contributed by atoms with van der Waals surface area (Å²) >= 11 is 0. The van der Waals surface area contributed by atoms with Crippen molar-refractivity contribution in [3.63, 3.8) is 0 Å². The summed E-state index contributed by atoms with van der Waals surface area (Å²) in [7, 11) is -4.01. The Balaban J connectivity index is 1.56. The van der Waals surface area contributed by atoms with E-state index in [-0.39, 0.29) is 22.7 Å². The molecule has 0 unspecified atom stereocenters. The number of anilines is 2. The van der Waals surface area contributed by atoms with Crippen LogP contribution in [0.3, 0.4) is 0 Å². The summed E-state index contributed by atoms with van der Waals surface area (Å²) in [5, 5.41) is 4.26. The molecule has 9 heteroatoms. The van der Waals surface area contributed by atoms with Crippen molar-refractivity contribution in [2.45, 2.75) is 18.4 Å². The molecule has 0 atom stereocenters. The normalized spacial score (nSPS) is 11.6. The topological polar surface area (TPSA) is 120 Å². The molecule has 0 saturated carbocycles. The Bertz CT molecular complexity index is 1670. The minimum absolute atomic E-state index is 0.0557. The van der Waals surface area contributed by atoms with Gasteiger partial charge < -0.3 is 14.7 Å². The average molecular weight is 488 g/mol. The number of fused-ring (bicyclic) bond motifs is 1. The van der Waals surface area contributed by atoms with Gasteiger partial charge in [0.25, 0.3) is 10.0 Å². The van der Waals surface area contributed by atoms with Crippen molar-refractivity contribution >= 4 is 32.5 Å². The summed E-state index contributed by atoms with van der Waals surface area (Å²) in [4.78, 5) is 13.0. The highest BCUT2D eigenvalue weighted by Gasteiger charge is 2.28. The van der Waals surface area contributed by atoms with E-state index in [1.807, 2.05) is 30.3 Å². The molecule has 0 spiro atoms. The van der Waals surface area contributed by atoms with Gasteiger partial charge in [-0.3, -0.25) is 4.79 Å². The minimum atomic E-state index is -4.01. The maximum absolute atomic E-state index is 13.5. The van der Waals surface area contributed by atoms with Crippen molar-refractivity contribution in [3.8, 4) is 11.3 Å². The third kappa shape index (κ3) is 4.41. The molecule has 0 saturated heterocycles. The lowest BCUT2D eigenvalue weighted by Gasteiger charge is -2.22. The zero-order chi connectivity index (χ0) is 24.6. The van der Waals surface area contributed by atoms with Gasteiger partial charge in [-0.25, -0.2) is 12.7 Å². The zero-order valence-electron chi connectivity index (χ0n) is 18.7. The van der Waals surface area contributed by atoms with Crippen LogP contribution in [0.1, 0.15) is 11.3 Å². The molecule has 0 radical (unpaired) electrons. The van der Waals surface area contributed by atoms with Crippen LogP contribution < -0.4 is 15.5 Å². The molecule has 35 heavy (non-hydrogen) atoms. The van der Waals surface area contributed by atoms with Gasteiger partial charge >= 0.3 is 0 Å². The summed E-state index contributed by atoms with van der Waals surface area (Å²) in [5.74, 6) is 1.05. The minimum Gasteiger partial charge on any atom is -0.456 e. The van der Waals surface area contributed by atoms with Gasteiger partial charge in [-0.2, -0.15) is 0 Å².